The molecule has 1 fully saturated rings. The summed E-state index contributed by atoms with van der Waals surface area (Å²) in [5.41, 5.74) is 2.28. The molecule has 4 heteroatoms. The van der Waals surface area contributed by atoms with Gasteiger partial charge in [0.1, 0.15) is 12.4 Å². The van der Waals surface area contributed by atoms with E-state index in [1.54, 1.807) is 0 Å². The summed E-state index contributed by atoms with van der Waals surface area (Å²) < 4.78 is 17.5. The molecular weight excluding hydrogens is 326 g/mol. The molecule has 2 atom stereocenters. The number of nitrogens with zero attached hydrogens (tertiary/aromatic N) is 1. The van der Waals surface area contributed by atoms with E-state index < -0.39 is 0 Å². The fraction of sp³-hybridized carbons (Fsp3) is 0.455. The van der Waals surface area contributed by atoms with Crippen LogP contribution in [0.15, 0.2) is 54.6 Å². The molecule has 0 amide bonds. The van der Waals surface area contributed by atoms with Gasteiger partial charge in [-0.3, -0.25) is 4.90 Å². The molecule has 0 saturated carbocycles. The first-order chi connectivity index (χ1) is 12.7. The van der Waals surface area contributed by atoms with Crippen molar-refractivity contribution in [3.8, 4) is 16.9 Å². The maximum Gasteiger partial charge on any atom is 0.127 e. The lowest BCUT2D eigenvalue weighted by atomic mass is 10.1. The Hall–Kier alpha value is -1.88. The summed E-state index contributed by atoms with van der Waals surface area (Å²) in [6, 6.07) is 18.5. The average molecular weight is 355 g/mol. The Balaban J connectivity index is 1.39. The van der Waals surface area contributed by atoms with Gasteiger partial charge in [-0.2, -0.15) is 0 Å². The fourth-order valence-corrected chi connectivity index (χ4v) is 3.42. The van der Waals surface area contributed by atoms with Gasteiger partial charge in [0.2, 0.25) is 0 Å². The molecule has 1 heterocycles. The zero-order valence-electron chi connectivity index (χ0n) is 15.8. The van der Waals surface area contributed by atoms with Crippen LogP contribution in [-0.4, -0.2) is 56.6 Å². The molecule has 1 aliphatic heterocycles. The zero-order chi connectivity index (χ0) is 18.2. The molecule has 1 aliphatic rings. The minimum Gasteiger partial charge on any atom is -0.491 e. The van der Waals surface area contributed by atoms with Gasteiger partial charge >= 0.3 is 0 Å². The van der Waals surface area contributed by atoms with Gasteiger partial charge in [-0.1, -0.05) is 48.5 Å². The number of morpholine rings is 1. The molecule has 0 unspecified atom stereocenters. The second kappa shape index (κ2) is 9.72. The first-order valence-corrected chi connectivity index (χ1v) is 9.45. The van der Waals surface area contributed by atoms with Crippen molar-refractivity contribution in [1.82, 2.24) is 4.90 Å². The Bertz CT molecular complexity index is 651. The zero-order valence-corrected chi connectivity index (χ0v) is 15.8. The highest BCUT2D eigenvalue weighted by Crippen LogP contribution is 2.29. The van der Waals surface area contributed by atoms with Gasteiger partial charge in [0, 0.05) is 25.2 Å². The van der Waals surface area contributed by atoms with Gasteiger partial charge in [0.25, 0.3) is 0 Å². The van der Waals surface area contributed by atoms with Crippen LogP contribution in [0, 0.1) is 0 Å². The smallest absolute Gasteiger partial charge is 0.127 e. The van der Waals surface area contributed by atoms with Crippen LogP contribution in [0.3, 0.4) is 0 Å². The fourth-order valence-electron chi connectivity index (χ4n) is 3.42. The highest BCUT2D eigenvalue weighted by atomic mass is 16.5. The van der Waals surface area contributed by atoms with Crippen LogP contribution >= 0.6 is 0 Å². The van der Waals surface area contributed by atoms with Crippen LogP contribution in [0.1, 0.15) is 13.8 Å². The molecule has 2 aromatic carbocycles. The Labute approximate surface area is 156 Å². The van der Waals surface area contributed by atoms with Gasteiger partial charge in [0.05, 0.1) is 25.4 Å². The predicted molar refractivity (Wildman–Crippen MR) is 105 cm³/mol. The van der Waals surface area contributed by atoms with Crippen molar-refractivity contribution in [2.75, 3.05) is 39.5 Å². The third kappa shape index (κ3) is 5.56. The summed E-state index contributed by atoms with van der Waals surface area (Å²) in [7, 11) is 0. The molecule has 26 heavy (non-hydrogen) atoms. The quantitative estimate of drug-likeness (QED) is 0.673. The lowest BCUT2D eigenvalue weighted by Crippen LogP contribution is -2.46. The lowest BCUT2D eigenvalue weighted by Gasteiger charge is -2.35. The summed E-state index contributed by atoms with van der Waals surface area (Å²) in [5, 5.41) is 0. The molecular formula is C22H29NO3. The number of ether oxygens (including phenoxy) is 3. The monoisotopic (exact) mass is 355 g/mol. The molecule has 0 radical (unpaired) electrons. The maximum atomic E-state index is 5.96. The van der Waals surface area contributed by atoms with Crippen molar-refractivity contribution >= 4 is 0 Å². The Kier molecular flexibility index (Phi) is 7.06. The molecule has 140 valence electrons. The van der Waals surface area contributed by atoms with Crippen molar-refractivity contribution in [3.05, 3.63) is 54.6 Å². The third-order valence-electron chi connectivity index (χ3n) is 4.50. The number of para-hydroxylation sites is 1. The van der Waals surface area contributed by atoms with Crippen LogP contribution in [-0.2, 0) is 9.47 Å². The van der Waals surface area contributed by atoms with Crippen molar-refractivity contribution in [1.29, 1.82) is 0 Å². The highest BCUT2D eigenvalue weighted by Gasteiger charge is 2.21. The third-order valence-corrected chi connectivity index (χ3v) is 4.50. The molecule has 2 aromatic rings. The summed E-state index contributed by atoms with van der Waals surface area (Å²) in [6.45, 7) is 9.03. The number of hydrogen-bond donors (Lipinski definition) is 0. The summed E-state index contributed by atoms with van der Waals surface area (Å²) in [6.07, 6.45) is 0.605. The molecule has 4 nitrogen and oxygen atoms in total. The molecule has 0 aromatic heterocycles. The van der Waals surface area contributed by atoms with E-state index in [1.165, 1.54) is 5.56 Å². The molecule has 1 saturated heterocycles. The Morgan fingerprint density at radius 2 is 1.58 bits per heavy atom. The summed E-state index contributed by atoms with van der Waals surface area (Å²) in [5.74, 6) is 0.901. The van der Waals surface area contributed by atoms with Crippen molar-refractivity contribution in [2.24, 2.45) is 0 Å². The molecule has 0 bridgehead atoms. The van der Waals surface area contributed by atoms with Gasteiger partial charge in [-0.15, -0.1) is 0 Å². The van der Waals surface area contributed by atoms with Gasteiger partial charge in [0.15, 0.2) is 0 Å². The number of benzene rings is 2. The second-order valence-corrected chi connectivity index (χ2v) is 6.84. The topological polar surface area (TPSA) is 30.9 Å². The Morgan fingerprint density at radius 3 is 2.35 bits per heavy atom. The van der Waals surface area contributed by atoms with E-state index in [1.807, 2.05) is 36.4 Å². The lowest BCUT2D eigenvalue weighted by molar-refractivity contribution is -0.0734. The maximum absolute atomic E-state index is 5.96. The van der Waals surface area contributed by atoms with E-state index in [-0.39, 0.29) is 0 Å². The van der Waals surface area contributed by atoms with E-state index >= 15 is 0 Å². The van der Waals surface area contributed by atoms with Crippen LogP contribution < -0.4 is 4.74 Å². The van der Waals surface area contributed by atoms with Crippen molar-refractivity contribution in [3.63, 3.8) is 0 Å². The molecule has 0 aliphatic carbocycles. The molecule has 0 N–H and O–H groups in total. The van der Waals surface area contributed by atoms with Crippen molar-refractivity contribution < 1.29 is 14.2 Å². The van der Waals surface area contributed by atoms with E-state index in [9.17, 15) is 0 Å². The van der Waals surface area contributed by atoms with E-state index in [2.05, 4.69) is 36.9 Å². The largest absolute Gasteiger partial charge is 0.491 e. The van der Waals surface area contributed by atoms with Crippen LogP contribution in [0.25, 0.3) is 11.1 Å². The van der Waals surface area contributed by atoms with Gasteiger partial charge in [-0.25, -0.2) is 0 Å². The Morgan fingerprint density at radius 1 is 0.885 bits per heavy atom. The normalized spacial score (nSPS) is 20.8. The average Bonchev–Trinajstić information content (AvgIpc) is 2.65. The summed E-state index contributed by atoms with van der Waals surface area (Å²) >= 11 is 0. The standard InChI is InChI=1S/C22H29NO3/c1-18-16-23(17-19(2)26-18)12-13-24-14-15-25-22-11-7-6-10-21(22)20-8-4-3-5-9-20/h3-11,18-19H,12-17H2,1-2H3/t18-,19+. The molecule has 0 spiro atoms. The minimum absolute atomic E-state index is 0.302. The number of hydrogen-bond acceptors (Lipinski definition) is 4. The van der Waals surface area contributed by atoms with Gasteiger partial charge < -0.3 is 14.2 Å². The molecule has 3 rings (SSSR count). The second-order valence-electron chi connectivity index (χ2n) is 6.84. The number of rotatable bonds is 8. The minimum atomic E-state index is 0.302. The summed E-state index contributed by atoms with van der Waals surface area (Å²) in [4.78, 5) is 2.41. The van der Waals surface area contributed by atoms with Crippen molar-refractivity contribution in [2.45, 2.75) is 26.1 Å². The van der Waals surface area contributed by atoms with Crippen LogP contribution in [0.2, 0.25) is 0 Å². The van der Waals surface area contributed by atoms with Crippen LogP contribution in [0.5, 0.6) is 5.75 Å². The first-order valence-electron chi connectivity index (χ1n) is 9.45. The SMILES string of the molecule is C[C@@H]1CN(CCOCCOc2ccccc2-c2ccccc2)C[C@H](C)O1. The van der Waals surface area contributed by atoms with E-state index in [4.69, 9.17) is 14.2 Å². The highest BCUT2D eigenvalue weighted by molar-refractivity contribution is 5.70. The van der Waals surface area contributed by atoms with Gasteiger partial charge in [-0.05, 0) is 25.5 Å². The first kappa shape index (κ1) is 18.9. The van der Waals surface area contributed by atoms with Crippen LogP contribution in [0.4, 0.5) is 0 Å². The predicted octanol–water partition coefficient (Wildman–Crippen LogP) is 3.86. The van der Waals surface area contributed by atoms with E-state index in [0.29, 0.717) is 25.4 Å². The van der Waals surface area contributed by atoms with E-state index in [0.717, 1.165) is 37.6 Å².